The van der Waals surface area contributed by atoms with Gasteiger partial charge >= 0.3 is 0 Å². The second kappa shape index (κ2) is 10.0. The average molecular weight is 477 g/mol. The van der Waals surface area contributed by atoms with Crippen LogP contribution in [-0.4, -0.2) is 26.9 Å². The Bertz CT molecular complexity index is 1430. The minimum absolute atomic E-state index is 0.0377. The van der Waals surface area contributed by atoms with Crippen LogP contribution in [0.15, 0.2) is 87.8 Å². The fourth-order valence-corrected chi connectivity index (χ4v) is 4.43. The molecule has 0 radical (unpaired) electrons. The van der Waals surface area contributed by atoms with Crippen LogP contribution in [0.5, 0.6) is 0 Å². The van der Waals surface area contributed by atoms with Crippen LogP contribution in [0, 0.1) is 6.92 Å². The van der Waals surface area contributed by atoms with E-state index in [-0.39, 0.29) is 17.2 Å². The number of hydrogen-bond acceptors (Lipinski definition) is 5. The van der Waals surface area contributed by atoms with Gasteiger partial charge in [0.1, 0.15) is 0 Å². The summed E-state index contributed by atoms with van der Waals surface area (Å²) in [5, 5.41) is 5.68. The minimum Gasteiger partial charge on any atom is -0.272 e. The van der Waals surface area contributed by atoms with Crippen LogP contribution in [0.3, 0.4) is 0 Å². The first kappa shape index (κ1) is 22.8. The molecule has 1 amide bonds. The Morgan fingerprint density at radius 2 is 1.76 bits per heavy atom. The molecule has 0 bridgehead atoms. The Labute approximate surface area is 200 Å². The smallest absolute Gasteiger partial charge is 0.266 e. The molecule has 0 spiro atoms. The van der Waals surface area contributed by atoms with Crippen molar-refractivity contribution < 1.29 is 4.79 Å². The van der Waals surface area contributed by atoms with Gasteiger partial charge in [0.2, 0.25) is 0 Å². The molecule has 0 saturated heterocycles. The largest absolute Gasteiger partial charge is 0.272 e. The molecule has 1 N–H and O–H groups in total. The van der Waals surface area contributed by atoms with Crippen LogP contribution < -0.4 is 11.0 Å². The summed E-state index contributed by atoms with van der Waals surface area (Å²) in [6.07, 6.45) is 0. The van der Waals surface area contributed by atoms with Crippen LogP contribution in [0.25, 0.3) is 16.6 Å². The molecule has 1 heterocycles. The van der Waals surface area contributed by atoms with E-state index in [1.165, 1.54) is 11.8 Å². The lowest BCUT2D eigenvalue weighted by molar-refractivity contribution is -0.118. The van der Waals surface area contributed by atoms with E-state index in [2.05, 4.69) is 15.5 Å². The van der Waals surface area contributed by atoms with Gasteiger partial charge in [0.15, 0.2) is 5.16 Å². The molecule has 3 aromatic carbocycles. The van der Waals surface area contributed by atoms with Crippen molar-refractivity contribution >= 4 is 45.9 Å². The van der Waals surface area contributed by atoms with Gasteiger partial charge in [0, 0.05) is 10.6 Å². The van der Waals surface area contributed by atoms with E-state index in [1.807, 2.05) is 61.5 Å². The molecule has 0 saturated carbocycles. The molecule has 4 aromatic rings. The number of carbonyl (C=O) groups is 1. The summed E-state index contributed by atoms with van der Waals surface area (Å²) in [7, 11) is 0. The van der Waals surface area contributed by atoms with E-state index in [4.69, 9.17) is 11.6 Å². The second-order valence-electron chi connectivity index (χ2n) is 7.34. The number of aryl methyl sites for hydroxylation is 1. The van der Waals surface area contributed by atoms with Gasteiger partial charge in [-0.3, -0.25) is 14.2 Å². The van der Waals surface area contributed by atoms with Crippen molar-refractivity contribution in [2.24, 2.45) is 5.10 Å². The van der Waals surface area contributed by atoms with Crippen molar-refractivity contribution in [1.82, 2.24) is 15.0 Å². The number of nitrogens with zero attached hydrogens (tertiary/aromatic N) is 3. The molecule has 8 heteroatoms. The average Bonchev–Trinajstić information content (AvgIpc) is 2.82. The van der Waals surface area contributed by atoms with Crippen molar-refractivity contribution in [2.45, 2.75) is 19.0 Å². The predicted octanol–water partition coefficient (Wildman–Crippen LogP) is 4.98. The number of thioether (sulfide) groups is 1. The Balaban J connectivity index is 1.61. The fourth-order valence-electron chi connectivity index (χ4n) is 3.36. The van der Waals surface area contributed by atoms with Crippen molar-refractivity contribution in [3.63, 3.8) is 0 Å². The molecule has 33 heavy (non-hydrogen) atoms. The third-order valence-electron chi connectivity index (χ3n) is 5.05. The van der Waals surface area contributed by atoms with Gasteiger partial charge in [-0.2, -0.15) is 5.10 Å². The van der Waals surface area contributed by atoms with Crippen molar-refractivity contribution in [1.29, 1.82) is 0 Å². The van der Waals surface area contributed by atoms with Gasteiger partial charge in [-0.25, -0.2) is 10.4 Å². The van der Waals surface area contributed by atoms with E-state index in [9.17, 15) is 9.59 Å². The number of nitrogens with one attached hydrogen (secondary N) is 1. The molecule has 4 rings (SSSR count). The molecule has 0 fully saturated rings. The van der Waals surface area contributed by atoms with Gasteiger partial charge in [-0.1, -0.05) is 71.9 Å². The quantitative estimate of drug-likeness (QED) is 0.184. The van der Waals surface area contributed by atoms with Crippen molar-refractivity contribution in [3.05, 3.63) is 99.3 Å². The van der Waals surface area contributed by atoms with Gasteiger partial charge < -0.3 is 0 Å². The first-order chi connectivity index (χ1) is 16.0. The lowest BCUT2D eigenvalue weighted by Gasteiger charge is -2.14. The summed E-state index contributed by atoms with van der Waals surface area (Å²) in [6.45, 7) is 3.71. The SMILES string of the molecule is C/C(=N\NC(=O)CSc1nc2ccccc2c(=O)n1-c1ccccc1C)c1ccccc1Cl. The maximum Gasteiger partial charge on any atom is 0.266 e. The highest BCUT2D eigenvalue weighted by Crippen LogP contribution is 2.23. The summed E-state index contributed by atoms with van der Waals surface area (Å²) in [5.41, 5.74) is 5.98. The standard InChI is InChI=1S/C25H21ClN4O2S/c1-16-9-3-8-14-22(16)30-24(32)19-11-5-7-13-21(19)27-25(30)33-15-23(31)29-28-17(2)18-10-4-6-12-20(18)26/h3-14H,15H2,1-2H3,(H,29,31)/b28-17+. The number of aromatic nitrogens is 2. The maximum atomic E-state index is 13.3. The number of hydrazone groups is 1. The lowest BCUT2D eigenvalue weighted by Crippen LogP contribution is -2.25. The number of benzene rings is 3. The summed E-state index contributed by atoms with van der Waals surface area (Å²) in [6, 6.07) is 22.1. The number of para-hydroxylation sites is 2. The third-order valence-corrected chi connectivity index (χ3v) is 6.31. The lowest BCUT2D eigenvalue weighted by atomic mass is 10.1. The second-order valence-corrected chi connectivity index (χ2v) is 8.69. The van der Waals surface area contributed by atoms with Crippen LogP contribution in [0.1, 0.15) is 18.1 Å². The van der Waals surface area contributed by atoms with Crippen molar-refractivity contribution in [2.75, 3.05) is 5.75 Å². The Hall–Kier alpha value is -3.42. The first-order valence-corrected chi connectivity index (χ1v) is 11.6. The van der Waals surface area contributed by atoms with Gasteiger partial charge in [0.25, 0.3) is 11.5 Å². The highest BCUT2D eigenvalue weighted by Gasteiger charge is 2.16. The highest BCUT2D eigenvalue weighted by atomic mass is 35.5. The third kappa shape index (κ3) is 4.99. The minimum atomic E-state index is -0.315. The fraction of sp³-hybridized carbons (Fsp3) is 0.120. The number of fused-ring (bicyclic) bond motifs is 1. The zero-order chi connectivity index (χ0) is 23.4. The van der Waals surface area contributed by atoms with Crippen molar-refractivity contribution in [3.8, 4) is 5.69 Å². The van der Waals surface area contributed by atoms with Crippen LogP contribution >= 0.6 is 23.4 Å². The Morgan fingerprint density at radius 3 is 2.55 bits per heavy atom. The molecule has 0 aliphatic carbocycles. The number of rotatable bonds is 6. The molecular weight excluding hydrogens is 456 g/mol. The monoisotopic (exact) mass is 476 g/mol. The summed E-state index contributed by atoms with van der Waals surface area (Å²) in [5.74, 6) is -0.277. The number of hydrogen-bond donors (Lipinski definition) is 1. The molecule has 6 nitrogen and oxygen atoms in total. The molecule has 0 atom stereocenters. The van der Waals surface area contributed by atoms with E-state index < -0.39 is 0 Å². The normalized spacial score (nSPS) is 11.5. The van der Waals surface area contributed by atoms with Crippen LogP contribution in [-0.2, 0) is 4.79 Å². The molecule has 0 unspecified atom stereocenters. The van der Waals surface area contributed by atoms with Crippen LogP contribution in [0.2, 0.25) is 5.02 Å². The Kier molecular flexibility index (Phi) is 6.91. The number of amides is 1. The molecule has 1 aromatic heterocycles. The zero-order valence-electron chi connectivity index (χ0n) is 18.1. The Morgan fingerprint density at radius 1 is 1.06 bits per heavy atom. The van der Waals surface area contributed by atoms with Gasteiger partial charge in [0.05, 0.1) is 28.1 Å². The first-order valence-electron chi connectivity index (χ1n) is 10.2. The maximum absolute atomic E-state index is 13.3. The van der Waals surface area contributed by atoms with Gasteiger partial charge in [-0.15, -0.1) is 0 Å². The number of halogens is 1. The topological polar surface area (TPSA) is 76.3 Å². The van der Waals surface area contributed by atoms with Crippen LogP contribution in [0.4, 0.5) is 0 Å². The van der Waals surface area contributed by atoms with E-state index in [0.29, 0.717) is 26.8 Å². The molecule has 0 aliphatic heterocycles. The molecular formula is C25H21ClN4O2S. The summed E-state index contributed by atoms with van der Waals surface area (Å²) >= 11 is 7.37. The highest BCUT2D eigenvalue weighted by molar-refractivity contribution is 7.99. The van der Waals surface area contributed by atoms with E-state index >= 15 is 0 Å². The van der Waals surface area contributed by atoms with Gasteiger partial charge in [-0.05, 0) is 43.7 Å². The summed E-state index contributed by atoms with van der Waals surface area (Å²) < 4.78 is 1.56. The zero-order valence-corrected chi connectivity index (χ0v) is 19.7. The van der Waals surface area contributed by atoms with E-state index in [0.717, 1.165) is 16.8 Å². The van der Waals surface area contributed by atoms with E-state index in [1.54, 1.807) is 29.7 Å². The summed E-state index contributed by atoms with van der Waals surface area (Å²) in [4.78, 5) is 30.5. The predicted molar refractivity (Wildman–Crippen MR) is 135 cm³/mol. The molecule has 166 valence electrons. The molecule has 0 aliphatic rings. The number of carbonyl (C=O) groups excluding carboxylic acids is 1.